The van der Waals surface area contributed by atoms with Gasteiger partial charge >= 0.3 is 0 Å². The molecule has 1 aromatic heterocycles. The number of nitrogens with one attached hydrogen (secondary N) is 1. The van der Waals surface area contributed by atoms with Crippen molar-refractivity contribution in [3.8, 4) is 0 Å². The average molecular weight is 504 g/mol. The van der Waals surface area contributed by atoms with Crippen molar-refractivity contribution in [3.05, 3.63) is 72.3 Å². The van der Waals surface area contributed by atoms with Crippen LogP contribution in [0.4, 0.5) is 5.69 Å². The standard InChI is InChI=1S/C29H33N3O3S/c1-3-31-27-12-8-7-11-25(27)26-19-22(15-18-28(26)31)30-29(33)20-32(23-9-5-4-6-10-23)36(34,35)24-16-13-21(2)14-17-24/h7-8,11-19,23H,3-6,9-10,20H2,1-2H3,(H,30,33). The van der Waals surface area contributed by atoms with Gasteiger partial charge in [-0.1, -0.05) is 55.2 Å². The number of sulfonamides is 1. The van der Waals surface area contributed by atoms with E-state index in [0.29, 0.717) is 5.69 Å². The third-order valence-electron chi connectivity index (χ3n) is 7.28. The van der Waals surface area contributed by atoms with Crippen LogP contribution in [0.25, 0.3) is 21.8 Å². The van der Waals surface area contributed by atoms with E-state index < -0.39 is 10.0 Å². The van der Waals surface area contributed by atoms with E-state index in [4.69, 9.17) is 0 Å². The lowest BCUT2D eigenvalue weighted by Crippen LogP contribution is -2.45. The predicted octanol–water partition coefficient (Wildman–Crippen LogP) is 6.08. The zero-order valence-corrected chi connectivity index (χ0v) is 21.7. The molecular weight excluding hydrogens is 470 g/mol. The second kappa shape index (κ2) is 10.1. The smallest absolute Gasteiger partial charge is 0.243 e. The van der Waals surface area contributed by atoms with Crippen LogP contribution in [0.1, 0.15) is 44.6 Å². The molecule has 1 heterocycles. The summed E-state index contributed by atoms with van der Waals surface area (Å²) in [5.41, 5.74) is 3.94. The Balaban J connectivity index is 1.43. The Morgan fingerprint density at radius 2 is 1.64 bits per heavy atom. The third-order valence-corrected chi connectivity index (χ3v) is 9.19. The molecule has 1 amide bonds. The van der Waals surface area contributed by atoms with E-state index in [1.165, 1.54) is 4.31 Å². The molecule has 0 bridgehead atoms. The summed E-state index contributed by atoms with van der Waals surface area (Å²) in [4.78, 5) is 13.5. The zero-order valence-electron chi connectivity index (χ0n) is 20.9. The van der Waals surface area contributed by atoms with Gasteiger partial charge in [0.15, 0.2) is 0 Å². The van der Waals surface area contributed by atoms with Crippen LogP contribution in [-0.2, 0) is 21.4 Å². The summed E-state index contributed by atoms with van der Waals surface area (Å²) in [5.74, 6) is -0.324. The van der Waals surface area contributed by atoms with Crippen LogP contribution in [0.2, 0.25) is 0 Å². The van der Waals surface area contributed by atoms with Crippen LogP contribution >= 0.6 is 0 Å². The van der Waals surface area contributed by atoms with E-state index in [1.54, 1.807) is 24.3 Å². The summed E-state index contributed by atoms with van der Waals surface area (Å²) >= 11 is 0. The number of nitrogens with zero attached hydrogens (tertiary/aromatic N) is 2. The number of fused-ring (bicyclic) bond motifs is 3. The van der Waals surface area contributed by atoms with Gasteiger partial charge in [-0.2, -0.15) is 4.31 Å². The van der Waals surface area contributed by atoms with E-state index in [1.807, 2.05) is 37.3 Å². The second-order valence-electron chi connectivity index (χ2n) is 9.70. The lowest BCUT2D eigenvalue weighted by molar-refractivity contribution is -0.116. The molecule has 1 saturated carbocycles. The Hall–Kier alpha value is -3.16. The molecule has 1 N–H and O–H groups in total. The van der Waals surface area contributed by atoms with Crippen molar-refractivity contribution in [1.82, 2.24) is 8.87 Å². The second-order valence-corrected chi connectivity index (χ2v) is 11.6. The van der Waals surface area contributed by atoms with Crippen LogP contribution < -0.4 is 5.32 Å². The first kappa shape index (κ1) is 24.5. The molecule has 5 rings (SSSR count). The quantitative estimate of drug-likeness (QED) is 0.332. The fourth-order valence-electron chi connectivity index (χ4n) is 5.44. The maximum absolute atomic E-state index is 13.6. The molecule has 3 aromatic carbocycles. The summed E-state index contributed by atoms with van der Waals surface area (Å²) in [6.07, 6.45) is 4.61. The van der Waals surface area contributed by atoms with Crippen LogP contribution in [0, 0.1) is 6.92 Å². The number of carbonyl (C=O) groups excluding carboxylic acids is 1. The Morgan fingerprint density at radius 3 is 2.36 bits per heavy atom. The Morgan fingerprint density at radius 1 is 0.944 bits per heavy atom. The van der Waals surface area contributed by atoms with Crippen molar-refractivity contribution in [1.29, 1.82) is 0 Å². The highest BCUT2D eigenvalue weighted by Crippen LogP contribution is 2.32. The molecule has 1 aliphatic rings. The zero-order chi connectivity index (χ0) is 25.3. The highest BCUT2D eigenvalue weighted by molar-refractivity contribution is 7.89. The molecule has 1 fully saturated rings. The monoisotopic (exact) mass is 503 g/mol. The SMILES string of the molecule is CCn1c2ccccc2c2cc(NC(=O)CN(C3CCCCC3)S(=O)(=O)c3ccc(C)cc3)ccc21. The van der Waals surface area contributed by atoms with E-state index in [-0.39, 0.29) is 23.4 Å². The summed E-state index contributed by atoms with van der Waals surface area (Å²) < 4.78 is 30.9. The number of aromatic nitrogens is 1. The first-order valence-electron chi connectivity index (χ1n) is 12.8. The van der Waals surface area contributed by atoms with Gasteiger partial charge in [-0.25, -0.2) is 8.42 Å². The summed E-state index contributed by atoms with van der Waals surface area (Å²) in [5, 5.41) is 5.18. The largest absolute Gasteiger partial charge is 0.341 e. The maximum Gasteiger partial charge on any atom is 0.243 e. The first-order valence-corrected chi connectivity index (χ1v) is 14.2. The fourth-order valence-corrected chi connectivity index (χ4v) is 7.08. The number of hydrogen-bond donors (Lipinski definition) is 1. The highest BCUT2D eigenvalue weighted by Gasteiger charge is 2.34. The van der Waals surface area contributed by atoms with E-state index >= 15 is 0 Å². The maximum atomic E-state index is 13.6. The van der Waals surface area contributed by atoms with Gasteiger partial charge in [0.1, 0.15) is 0 Å². The molecule has 1 aliphatic carbocycles. The Labute approximate surface area is 213 Å². The molecule has 0 saturated heterocycles. The van der Waals surface area contributed by atoms with Gasteiger partial charge in [-0.05, 0) is 63.1 Å². The van der Waals surface area contributed by atoms with Crippen LogP contribution in [0.15, 0.2) is 71.6 Å². The lowest BCUT2D eigenvalue weighted by Gasteiger charge is -2.33. The number of aryl methyl sites for hydroxylation is 2. The minimum absolute atomic E-state index is 0.166. The molecule has 36 heavy (non-hydrogen) atoms. The topological polar surface area (TPSA) is 71.4 Å². The molecule has 188 valence electrons. The van der Waals surface area contributed by atoms with E-state index in [0.717, 1.165) is 66.0 Å². The van der Waals surface area contributed by atoms with Gasteiger partial charge in [0.05, 0.1) is 11.4 Å². The average Bonchev–Trinajstić information content (AvgIpc) is 3.21. The number of rotatable bonds is 7. The van der Waals surface area contributed by atoms with Crippen molar-refractivity contribution < 1.29 is 13.2 Å². The van der Waals surface area contributed by atoms with Crippen molar-refractivity contribution in [3.63, 3.8) is 0 Å². The van der Waals surface area contributed by atoms with Crippen LogP contribution in [0.5, 0.6) is 0 Å². The number of anilines is 1. The molecule has 0 spiro atoms. The number of amides is 1. The Kier molecular flexibility index (Phi) is 6.86. The van der Waals surface area contributed by atoms with Crippen LogP contribution in [0.3, 0.4) is 0 Å². The number of hydrogen-bond acceptors (Lipinski definition) is 3. The van der Waals surface area contributed by atoms with Gasteiger partial charge in [-0.3, -0.25) is 4.79 Å². The minimum Gasteiger partial charge on any atom is -0.341 e. The first-order chi connectivity index (χ1) is 17.4. The van der Waals surface area contributed by atoms with Crippen molar-refractivity contribution in [2.75, 3.05) is 11.9 Å². The van der Waals surface area contributed by atoms with Gasteiger partial charge in [-0.15, -0.1) is 0 Å². The summed E-state index contributed by atoms with van der Waals surface area (Å²) in [6, 6.07) is 20.9. The van der Waals surface area contributed by atoms with Crippen molar-refractivity contribution in [2.24, 2.45) is 0 Å². The molecule has 7 heteroatoms. The summed E-state index contributed by atoms with van der Waals surface area (Å²) in [6.45, 7) is 4.70. The van der Waals surface area contributed by atoms with Crippen LogP contribution in [-0.4, -0.2) is 35.8 Å². The number of para-hydroxylation sites is 1. The van der Waals surface area contributed by atoms with Crippen molar-refractivity contribution in [2.45, 2.75) is 63.4 Å². The van der Waals surface area contributed by atoms with Gasteiger partial charge in [0.2, 0.25) is 15.9 Å². The summed E-state index contributed by atoms with van der Waals surface area (Å²) in [7, 11) is -3.80. The van der Waals surface area contributed by atoms with E-state index in [9.17, 15) is 13.2 Å². The molecule has 6 nitrogen and oxygen atoms in total. The highest BCUT2D eigenvalue weighted by atomic mass is 32.2. The number of benzene rings is 3. The predicted molar refractivity (Wildman–Crippen MR) is 146 cm³/mol. The molecule has 0 atom stereocenters. The molecule has 0 radical (unpaired) electrons. The van der Waals surface area contributed by atoms with Gasteiger partial charge in [0.25, 0.3) is 0 Å². The minimum atomic E-state index is -3.80. The molecular formula is C29H33N3O3S. The normalized spacial score (nSPS) is 15.1. The third kappa shape index (κ3) is 4.65. The fraction of sp³-hybridized carbons (Fsp3) is 0.345. The van der Waals surface area contributed by atoms with Gasteiger partial charge < -0.3 is 9.88 Å². The van der Waals surface area contributed by atoms with Crippen molar-refractivity contribution >= 4 is 43.4 Å². The lowest BCUT2D eigenvalue weighted by atomic mass is 9.95. The van der Waals surface area contributed by atoms with E-state index in [2.05, 4.69) is 28.9 Å². The number of carbonyl (C=O) groups is 1. The molecule has 0 unspecified atom stereocenters. The molecule has 4 aromatic rings. The van der Waals surface area contributed by atoms with Gasteiger partial charge in [0, 0.05) is 40.1 Å². The molecule has 0 aliphatic heterocycles. The Bertz CT molecular complexity index is 1500.